The lowest BCUT2D eigenvalue weighted by Crippen LogP contribution is -1.96. The number of para-hydroxylation sites is 2. The zero-order valence-electron chi connectivity index (χ0n) is 30.8. The summed E-state index contributed by atoms with van der Waals surface area (Å²) in [6.07, 6.45) is 0. The van der Waals surface area contributed by atoms with Crippen molar-refractivity contribution < 1.29 is 4.42 Å². The zero-order valence-corrected chi connectivity index (χ0v) is 30.8. The highest BCUT2D eigenvalue weighted by atomic mass is 16.3. The van der Waals surface area contributed by atoms with Gasteiger partial charge in [0.25, 0.3) is 0 Å². The summed E-state index contributed by atoms with van der Waals surface area (Å²) in [5.74, 6) is 0.686. The zero-order chi connectivity index (χ0) is 37.7. The Morgan fingerprint density at radius 3 is 1.63 bits per heavy atom. The third kappa shape index (κ3) is 5.74. The first-order valence-electron chi connectivity index (χ1n) is 19.2. The molecule has 4 nitrogen and oxygen atoms in total. The Bertz CT molecular complexity index is 3210. The smallest absolute Gasteiger partial charge is 0.160 e. The summed E-state index contributed by atoms with van der Waals surface area (Å²) in [6, 6.07) is 69.6. The third-order valence-electron chi connectivity index (χ3n) is 10.9. The minimum absolute atomic E-state index is 0.686. The van der Waals surface area contributed by atoms with Crippen LogP contribution in [0.15, 0.2) is 205 Å². The minimum atomic E-state index is 0.686. The van der Waals surface area contributed by atoms with Gasteiger partial charge in [-0.15, -0.1) is 0 Å². The number of nitrogens with zero attached hydrogens (tertiary/aromatic N) is 3. The molecule has 0 aliphatic rings. The molecule has 8 aromatic carbocycles. The van der Waals surface area contributed by atoms with Gasteiger partial charge in [-0.3, -0.25) is 0 Å². The monoisotopic (exact) mass is 727 g/mol. The van der Waals surface area contributed by atoms with Gasteiger partial charge in [-0.25, -0.2) is 15.0 Å². The lowest BCUT2D eigenvalue weighted by atomic mass is 9.88. The first-order valence-corrected chi connectivity index (χ1v) is 19.2. The molecular weight excluding hydrogens is 695 g/mol. The largest absolute Gasteiger partial charge is 0.456 e. The number of hydrogen-bond acceptors (Lipinski definition) is 4. The molecule has 0 saturated heterocycles. The van der Waals surface area contributed by atoms with Crippen LogP contribution in [0.2, 0.25) is 0 Å². The van der Waals surface area contributed by atoms with E-state index < -0.39 is 0 Å². The second kappa shape index (κ2) is 13.6. The molecule has 0 aliphatic heterocycles. The first-order chi connectivity index (χ1) is 28.2. The van der Waals surface area contributed by atoms with E-state index in [4.69, 9.17) is 19.4 Å². The molecule has 0 N–H and O–H groups in total. The molecular formula is C53H33N3O. The molecule has 0 bridgehead atoms. The van der Waals surface area contributed by atoms with Gasteiger partial charge >= 0.3 is 0 Å². The summed E-state index contributed by atoms with van der Waals surface area (Å²) in [7, 11) is 0. The summed E-state index contributed by atoms with van der Waals surface area (Å²) in [5.41, 5.74) is 13.8. The SMILES string of the molecule is c1ccc(-c2ccc(-c3nc4ccccc4c4c(-c5cccc(-c6cc(-c7ccccc7)nc(-c7ccccc7)n6)c5)c5c(cc34)oc3ccccc35)cc2)cc1. The van der Waals surface area contributed by atoms with Crippen molar-refractivity contribution in [3.63, 3.8) is 0 Å². The highest BCUT2D eigenvalue weighted by Crippen LogP contribution is 2.47. The van der Waals surface area contributed by atoms with Gasteiger partial charge in [0.15, 0.2) is 5.82 Å². The molecule has 0 atom stereocenters. The summed E-state index contributed by atoms with van der Waals surface area (Å²) in [6.45, 7) is 0. The van der Waals surface area contributed by atoms with Gasteiger partial charge in [0.05, 0.1) is 22.6 Å². The van der Waals surface area contributed by atoms with Crippen molar-refractivity contribution >= 4 is 43.6 Å². The summed E-state index contributed by atoms with van der Waals surface area (Å²) < 4.78 is 6.70. The number of furan rings is 1. The van der Waals surface area contributed by atoms with Crippen LogP contribution in [0, 0.1) is 0 Å². The Morgan fingerprint density at radius 1 is 0.316 bits per heavy atom. The number of fused-ring (bicyclic) bond motifs is 6. The molecule has 4 heteroatoms. The normalized spacial score (nSPS) is 11.5. The van der Waals surface area contributed by atoms with Gasteiger partial charge < -0.3 is 4.42 Å². The van der Waals surface area contributed by atoms with Crippen molar-refractivity contribution in [1.82, 2.24) is 15.0 Å². The Hall–Kier alpha value is -7.69. The van der Waals surface area contributed by atoms with Crippen LogP contribution in [0.5, 0.6) is 0 Å². The molecule has 11 rings (SSSR count). The molecule has 0 unspecified atom stereocenters. The number of rotatable bonds is 6. The summed E-state index contributed by atoms with van der Waals surface area (Å²) in [4.78, 5) is 15.6. The number of benzene rings is 8. The van der Waals surface area contributed by atoms with Crippen molar-refractivity contribution in [3.8, 4) is 67.4 Å². The molecule has 11 aromatic rings. The Kier molecular flexibility index (Phi) is 7.78. The van der Waals surface area contributed by atoms with Crippen LogP contribution in [-0.4, -0.2) is 15.0 Å². The number of hydrogen-bond donors (Lipinski definition) is 0. The fourth-order valence-electron chi connectivity index (χ4n) is 8.18. The van der Waals surface area contributed by atoms with Gasteiger partial charge in [0.1, 0.15) is 11.2 Å². The molecule has 266 valence electrons. The standard InChI is InChI=1S/C53H33N3O/c1-4-15-34(16-5-1)35-27-29-37(30-28-35)52-43-32-48-51(42-24-11-13-26-47(42)57-48)49(50(43)41-23-10-12-25-44(41)54-52)40-22-14-21-39(31-40)46-33-45(36-17-6-2-7-18-36)55-53(56-46)38-19-8-3-9-20-38/h1-33H. The van der Waals surface area contributed by atoms with E-state index in [1.165, 1.54) is 5.56 Å². The van der Waals surface area contributed by atoms with Gasteiger partial charge in [0, 0.05) is 54.7 Å². The lowest BCUT2D eigenvalue weighted by Gasteiger charge is -2.16. The van der Waals surface area contributed by atoms with Gasteiger partial charge in [0.2, 0.25) is 0 Å². The van der Waals surface area contributed by atoms with E-state index >= 15 is 0 Å². The molecule has 0 spiro atoms. The molecule has 0 aliphatic carbocycles. The summed E-state index contributed by atoms with van der Waals surface area (Å²) >= 11 is 0. The van der Waals surface area contributed by atoms with E-state index in [-0.39, 0.29) is 0 Å². The van der Waals surface area contributed by atoms with E-state index in [0.29, 0.717) is 5.82 Å². The second-order valence-electron chi connectivity index (χ2n) is 14.3. The average molecular weight is 728 g/mol. The van der Waals surface area contributed by atoms with Gasteiger partial charge in [-0.05, 0) is 47.0 Å². The molecule has 57 heavy (non-hydrogen) atoms. The highest BCUT2D eigenvalue weighted by Gasteiger charge is 2.22. The molecule has 0 amide bonds. The predicted molar refractivity (Wildman–Crippen MR) is 235 cm³/mol. The predicted octanol–water partition coefficient (Wildman–Crippen LogP) is 14.1. The van der Waals surface area contributed by atoms with Crippen LogP contribution < -0.4 is 0 Å². The lowest BCUT2D eigenvalue weighted by molar-refractivity contribution is 0.669. The molecule has 0 fully saturated rings. The van der Waals surface area contributed by atoms with Crippen LogP contribution in [0.4, 0.5) is 0 Å². The van der Waals surface area contributed by atoms with Crippen molar-refractivity contribution in [1.29, 1.82) is 0 Å². The molecule has 0 radical (unpaired) electrons. The quantitative estimate of drug-likeness (QED) is 0.160. The van der Waals surface area contributed by atoms with E-state index in [1.807, 2.05) is 48.5 Å². The molecule has 0 saturated carbocycles. The maximum absolute atomic E-state index is 6.70. The maximum Gasteiger partial charge on any atom is 0.160 e. The fourth-order valence-corrected chi connectivity index (χ4v) is 8.18. The number of pyridine rings is 1. The van der Waals surface area contributed by atoms with E-state index in [1.54, 1.807) is 0 Å². The fraction of sp³-hybridized carbons (Fsp3) is 0. The van der Waals surface area contributed by atoms with Crippen molar-refractivity contribution in [2.45, 2.75) is 0 Å². The average Bonchev–Trinajstić information content (AvgIpc) is 3.67. The van der Waals surface area contributed by atoms with Crippen LogP contribution in [0.25, 0.3) is 111 Å². The van der Waals surface area contributed by atoms with Crippen LogP contribution >= 0.6 is 0 Å². The molecule has 3 aromatic heterocycles. The van der Waals surface area contributed by atoms with Crippen molar-refractivity contribution in [2.24, 2.45) is 0 Å². The Morgan fingerprint density at radius 2 is 0.877 bits per heavy atom. The van der Waals surface area contributed by atoms with E-state index in [2.05, 4.69) is 152 Å². The van der Waals surface area contributed by atoms with E-state index in [0.717, 1.165) is 99.6 Å². The maximum atomic E-state index is 6.70. The Balaban J connectivity index is 1.18. The van der Waals surface area contributed by atoms with Crippen molar-refractivity contribution in [2.75, 3.05) is 0 Å². The van der Waals surface area contributed by atoms with E-state index in [9.17, 15) is 0 Å². The van der Waals surface area contributed by atoms with Crippen LogP contribution in [0.3, 0.4) is 0 Å². The highest BCUT2D eigenvalue weighted by molar-refractivity contribution is 6.27. The topological polar surface area (TPSA) is 51.8 Å². The summed E-state index contributed by atoms with van der Waals surface area (Å²) in [5, 5.41) is 5.41. The minimum Gasteiger partial charge on any atom is -0.456 e. The first kappa shape index (κ1) is 32.7. The van der Waals surface area contributed by atoms with Crippen molar-refractivity contribution in [3.05, 3.63) is 200 Å². The number of aromatic nitrogens is 3. The second-order valence-corrected chi connectivity index (χ2v) is 14.3. The Labute approximate surface area is 329 Å². The van der Waals surface area contributed by atoms with Crippen LogP contribution in [-0.2, 0) is 0 Å². The van der Waals surface area contributed by atoms with Gasteiger partial charge in [-0.2, -0.15) is 0 Å². The van der Waals surface area contributed by atoms with Gasteiger partial charge in [-0.1, -0.05) is 170 Å². The molecule has 3 heterocycles. The third-order valence-corrected chi connectivity index (χ3v) is 10.9. The van der Waals surface area contributed by atoms with Crippen LogP contribution in [0.1, 0.15) is 0 Å².